The Kier molecular flexibility index (Phi) is 6.08. The quantitative estimate of drug-likeness (QED) is 0.405. The van der Waals surface area contributed by atoms with E-state index in [0.717, 1.165) is 14.2 Å². The van der Waals surface area contributed by atoms with E-state index in [0.29, 0.717) is 0 Å². The molecule has 0 saturated heterocycles. The molecule has 0 aromatic heterocycles. The molecule has 0 N–H and O–H groups in total. The van der Waals surface area contributed by atoms with Crippen molar-refractivity contribution < 1.29 is 24.1 Å². The number of azo groups is 1. The van der Waals surface area contributed by atoms with E-state index in [4.69, 9.17) is 9.47 Å². The molecule has 1 aliphatic rings. The van der Waals surface area contributed by atoms with Crippen molar-refractivity contribution in [2.75, 3.05) is 14.2 Å². The van der Waals surface area contributed by atoms with E-state index in [2.05, 4.69) is 20.2 Å². The van der Waals surface area contributed by atoms with Crippen LogP contribution in [0.4, 0.5) is 11.4 Å². The first-order chi connectivity index (χ1) is 13.3. The number of methoxy groups -OCH3 is 2. The lowest BCUT2D eigenvalue weighted by molar-refractivity contribution is -0.530. The highest BCUT2D eigenvalue weighted by Crippen LogP contribution is 2.31. The van der Waals surface area contributed by atoms with Crippen LogP contribution < -0.4 is 0 Å². The topological polar surface area (TPSA) is 171 Å². The minimum atomic E-state index is -2.58. The van der Waals surface area contributed by atoms with Gasteiger partial charge in [0.2, 0.25) is 0 Å². The van der Waals surface area contributed by atoms with Crippen molar-refractivity contribution in [3.63, 3.8) is 0 Å². The molecule has 28 heavy (non-hydrogen) atoms. The number of aliphatic imine (C=N–C) groups is 2. The summed E-state index contributed by atoms with van der Waals surface area (Å²) in [6, 6.07) is 5.32. The number of ether oxygens (including phenoxy) is 2. The second-order valence-electron chi connectivity index (χ2n) is 5.54. The lowest BCUT2D eigenvalue weighted by Crippen LogP contribution is -2.55. The van der Waals surface area contributed by atoms with E-state index in [1.807, 2.05) is 0 Å². The molecule has 1 aromatic carbocycles. The van der Waals surface area contributed by atoms with Gasteiger partial charge >= 0.3 is 17.5 Å². The molecule has 13 nitrogen and oxygen atoms in total. The van der Waals surface area contributed by atoms with Gasteiger partial charge in [0.25, 0.3) is 5.69 Å². The molecule has 0 aliphatic carbocycles. The summed E-state index contributed by atoms with van der Waals surface area (Å²) >= 11 is 0. The number of nitro benzene ring substituents is 1. The molecule has 1 aliphatic heterocycles. The van der Waals surface area contributed by atoms with Crippen LogP contribution in [0, 0.1) is 20.2 Å². The first-order valence-electron chi connectivity index (χ1n) is 7.81. The Morgan fingerprint density at radius 2 is 1.75 bits per heavy atom. The molecular formula is C15H16N6O7. The monoisotopic (exact) mass is 392 g/mol. The number of hydrogen-bond acceptors (Lipinski definition) is 11. The molecule has 0 unspecified atom stereocenters. The van der Waals surface area contributed by atoms with Crippen molar-refractivity contribution in [2.45, 2.75) is 25.2 Å². The zero-order valence-electron chi connectivity index (χ0n) is 15.1. The Balaban J connectivity index is 2.61. The Morgan fingerprint density at radius 1 is 1.18 bits per heavy atom. The van der Waals surface area contributed by atoms with Crippen molar-refractivity contribution in [1.82, 2.24) is 0 Å². The molecule has 0 spiro atoms. The van der Waals surface area contributed by atoms with Gasteiger partial charge in [-0.25, -0.2) is 9.98 Å². The third kappa shape index (κ3) is 3.82. The third-order valence-electron chi connectivity index (χ3n) is 3.63. The summed E-state index contributed by atoms with van der Waals surface area (Å²) in [5.74, 6) is -1.28. The smallest absolute Gasteiger partial charge is 0.477 e. The summed E-state index contributed by atoms with van der Waals surface area (Å²) in [6.45, 7) is 1.31. The molecule has 0 saturated carbocycles. The lowest BCUT2D eigenvalue weighted by atomic mass is 10.1. The SMILES string of the molecule is COC1=NC(CC(C)=O)N=C(OC)C1(N=Nc1ccccc1[N+](=O)[O-])[N+](=O)[O-]. The summed E-state index contributed by atoms with van der Waals surface area (Å²) in [4.78, 5) is 40.7. The van der Waals surface area contributed by atoms with E-state index in [1.54, 1.807) is 0 Å². The second kappa shape index (κ2) is 8.28. The zero-order valence-corrected chi connectivity index (χ0v) is 15.1. The first-order valence-corrected chi connectivity index (χ1v) is 7.81. The number of hydrogen-bond donors (Lipinski definition) is 0. The highest BCUT2D eigenvalue weighted by atomic mass is 16.6. The maximum atomic E-state index is 11.9. The molecule has 1 heterocycles. The van der Waals surface area contributed by atoms with Crippen LogP contribution in [0.15, 0.2) is 44.5 Å². The molecular weight excluding hydrogens is 376 g/mol. The molecule has 1 aromatic rings. The fourth-order valence-corrected chi connectivity index (χ4v) is 2.42. The van der Waals surface area contributed by atoms with Crippen LogP contribution in [0.3, 0.4) is 0 Å². The number of benzene rings is 1. The molecule has 148 valence electrons. The average molecular weight is 392 g/mol. The van der Waals surface area contributed by atoms with Gasteiger partial charge in [-0.1, -0.05) is 17.2 Å². The van der Waals surface area contributed by atoms with Crippen LogP contribution >= 0.6 is 0 Å². The fourth-order valence-electron chi connectivity index (χ4n) is 2.42. The van der Waals surface area contributed by atoms with Gasteiger partial charge in [-0.05, 0) is 13.0 Å². The van der Waals surface area contributed by atoms with E-state index in [1.165, 1.54) is 31.2 Å². The largest absolute Gasteiger partial charge is 0.479 e. The van der Waals surface area contributed by atoms with Crippen molar-refractivity contribution in [3.8, 4) is 0 Å². The maximum Gasteiger partial charge on any atom is 0.479 e. The summed E-state index contributed by atoms with van der Waals surface area (Å²) in [6.07, 6.45) is -1.12. The number of para-hydroxylation sites is 1. The number of ketones is 1. The van der Waals surface area contributed by atoms with Gasteiger partial charge in [-0.15, -0.1) is 5.11 Å². The summed E-state index contributed by atoms with van der Waals surface area (Å²) in [5, 5.41) is 30.4. The standard InChI is InChI=1S/C15H16N6O7/c1-9(22)8-12-16-13(27-2)15(21(25)26,14(17-12)28-3)19-18-10-6-4-5-7-11(10)20(23)24/h4-7,12H,8H2,1-3H3. The van der Waals surface area contributed by atoms with Crippen LogP contribution in [-0.2, 0) is 14.3 Å². The molecule has 0 radical (unpaired) electrons. The number of rotatable bonds is 6. The normalized spacial score (nSPS) is 21.6. The maximum absolute atomic E-state index is 11.9. The summed E-state index contributed by atoms with van der Waals surface area (Å²) in [7, 11) is 2.25. The predicted octanol–water partition coefficient (Wildman–Crippen LogP) is 2.06. The van der Waals surface area contributed by atoms with Crippen LogP contribution in [0.5, 0.6) is 0 Å². The van der Waals surface area contributed by atoms with Gasteiger partial charge in [-0.2, -0.15) is 0 Å². The van der Waals surface area contributed by atoms with E-state index in [-0.39, 0.29) is 17.9 Å². The fraction of sp³-hybridized carbons (Fsp3) is 0.400. The van der Waals surface area contributed by atoms with Gasteiger partial charge in [0.1, 0.15) is 5.78 Å². The van der Waals surface area contributed by atoms with Gasteiger partial charge in [0.15, 0.2) is 11.9 Å². The van der Waals surface area contributed by atoms with Crippen LogP contribution in [-0.4, -0.2) is 53.5 Å². The minimum Gasteiger partial charge on any atom is -0.477 e. The van der Waals surface area contributed by atoms with E-state index in [9.17, 15) is 25.0 Å². The van der Waals surface area contributed by atoms with Crippen LogP contribution in [0.1, 0.15) is 13.3 Å². The van der Waals surface area contributed by atoms with Gasteiger partial charge in [-0.3, -0.25) is 25.0 Å². The third-order valence-corrected chi connectivity index (χ3v) is 3.63. The summed E-state index contributed by atoms with van der Waals surface area (Å²) in [5.41, 5.74) is -3.20. The number of Topliss-reactive ketones (excluding diaryl/α,β-unsaturated/α-hetero) is 1. The Morgan fingerprint density at radius 3 is 2.21 bits per heavy atom. The molecule has 0 bridgehead atoms. The van der Waals surface area contributed by atoms with Gasteiger partial charge in [0, 0.05) is 12.5 Å². The molecule has 0 amide bonds. The van der Waals surface area contributed by atoms with Crippen molar-refractivity contribution in [2.24, 2.45) is 20.2 Å². The average Bonchev–Trinajstić information content (AvgIpc) is 2.65. The molecule has 0 fully saturated rings. The van der Waals surface area contributed by atoms with Crippen LogP contribution in [0.25, 0.3) is 0 Å². The van der Waals surface area contributed by atoms with Gasteiger partial charge < -0.3 is 9.47 Å². The Bertz CT molecular complexity index is 873. The molecule has 0 atom stereocenters. The van der Waals surface area contributed by atoms with E-state index < -0.39 is 39.2 Å². The second-order valence-corrected chi connectivity index (χ2v) is 5.54. The Labute approximate surface area is 158 Å². The first kappa shape index (κ1) is 20.5. The van der Waals surface area contributed by atoms with Crippen molar-refractivity contribution in [3.05, 3.63) is 44.5 Å². The number of carbonyl (C=O) groups is 1. The zero-order chi connectivity index (χ0) is 20.9. The van der Waals surface area contributed by atoms with Gasteiger partial charge in [0.05, 0.1) is 24.1 Å². The lowest BCUT2D eigenvalue weighted by Gasteiger charge is -2.25. The number of nitro groups is 2. The molecule has 2 rings (SSSR count). The highest BCUT2D eigenvalue weighted by Gasteiger charge is 2.61. The van der Waals surface area contributed by atoms with E-state index >= 15 is 0 Å². The number of carbonyl (C=O) groups excluding carboxylic acids is 1. The molecule has 13 heteroatoms. The predicted molar refractivity (Wildman–Crippen MR) is 95.3 cm³/mol. The number of nitrogens with zero attached hydrogens (tertiary/aromatic N) is 6. The van der Waals surface area contributed by atoms with Crippen LogP contribution in [0.2, 0.25) is 0 Å². The van der Waals surface area contributed by atoms with Crippen molar-refractivity contribution >= 4 is 29.0 Å². The minimum absolute atomic E-state index is 0.130. The summed E-state index contributed by atoms with van der Waals surface area (Å²) < 4.78 is 10.1. The Hall–Kier alpha value is -3.77. The highest BCUT2D eigenvalue weighted by molar-refractivity contribution is 6.09. The van der Waals surface area contributed by atoms with Crippen molar-refractivity contribution in [1.29, 1.82) is 0 Å².